The molecule has 14 nitrogen and oxygen atoms in total. The molecule has 250 valence electrons. The molecule has 2 saturated heterocycles. The van der Waals surface area contributed by atoms with Gasteiger partial charge in [0.1, 0.15) is 6.07 Å². The normalized spacial score (nSPS) is 17.7. The number of ether oxygens (including phenoxy) is 1. The van der Waals surface area contributed by atoms with E-state index in [1.165, 1.54) is 23.9 Å². The van der Waals surface area contributed by atoms with Crippen LogP contribution in [-0.2, 0) is 10.9 Å². The highest BCUT2D eigenvalue weighted by molar-refractivity contribution is 6.06. The minimum atomic E-state index is -4.99. The largest absolute Gasteiger partial charge is 0.435 e. The van der Waals surface area contributed by atoms with Crippen LogP contribution in [0.25, 0.3) is 5.69 Å². The highest BCUT2D eigenvalue weighted by Gasteiger charge is 2.39. The number of morpholine rings is 1. The van der Waals surface area contributed by atoms with Crippen molar-refractivity contribution in [1.82, 2.24) is 40.1 Å². The highest BCUT2D eigenvalue weighted by atomic mass is 19.4. The Labute approximate surface area is 269 Å². The first-order chi connectivity index (χ1) is 22.4. The maximum Gasteiger partial charge on any atom is 0.435 e. The summed E-state index contributed by atoms with van der Waals surface area (Å²) in [5.41, 5.74) is -1.92. The van der Waals surface area contributed by atoms with Crippen molar-refractivity contribution in [1.29, 1.82) is 5.26 Å². The van der Waals surface area contributed by atoms with Crippen molar-refractivity contribution in [2.75, 3.05) is 76.3 Å². The summed E-state index contributed by atoms with van der Waals surface area (Å²) in [5.74, 6) is -1.58. The van der Waals surface area contributed by atoms with Crippen molar-refractivity contribution in [2.45, 2.75) is 32.5 Å². The van der Waals surface area contributed by atoms with Crippen LogP contribution in [0.2, 0.25) is 0 Å². The number of benzene rings is 1. The number of carbonyl (C=O) groups excluding carboxylic acids is 2. The van der Waals surface area contributed by atoms with Crippen molar-refractivity contribution in [3.8, 4) is 11.8 Å². The molecule has 2 fully saturated rings. The number of anilines is 2. The fourth-order valence-corrected chi connectivity index (χ4v) is 5.39. The van der Waals surface area contributed by atoms with E-state index in [0.29, 0.717) is 44.2 Å². The third kappa shape index (κ3) is 8.02. The Kier molecular flexibility index (Phi) is 10.3. The molecule has 0 saturated carbocycles. The topological polar surface area (TPSA) is 157 Å². The van der Waals surface area contributed by atoms with E-state index >= 15 is 0 Å². The summed E-state index contributed by atoms with van der Waals surface area (Å²) < 4.78 is 48.4. The number of rotatable bonds is 9. The number of halogens is 3. The van der Waals surface area contributed by atoms with Crippen molar-refractivity contribution < 1.29 is 27.5 Å². The number of amides is 2. The molecule has 17 heteroatoms. The van der Waals surface area contributed by atoms with Gasteiger partial charge in [-0.05, 0) is 52.1 Å². The quantitative estimate of drug-likeness (QED) is 0.326. The van der Waals surface area contributed by atoms with Gasteiger partial charge < -0.3 is 25.2 Å². The van der Waals surface area contributed by atoms with Crippen LogP contribution in [-0.4, -0.2) is 119 Å². The van der Waals surface area contributed by atoms with Gasteiger partial charge in [-0.25, -0.2) is 14.6 Å². The van der Waals surface area contributed by atoms with E-state index in [4.69, 9.17) is 4.74 Å². The number of nitrogens with zero attached hydrogens (tertiary/aromatic N) is 9. The number of aromatic nitrogens is 5. The maximum atomic E-state index is 13.9. The van der Waals surface area contributed by atoms with E-state index in [9.17, 15) is 28.0 Å². The van der Waals surface area contributed by atoms with Crippen molar-refractivity contribution in [2.24, 2.45) is 0 Å². The van der Waals surface area contributed by atoms with Crippen molar-refractivity contribution in [3.63, 3.8) is 0 Å². The van der Waals surface area contributed by atoms with Crippen LogP contribution < -0.4 is 15.5 Å². The van der Waals surface area contributed by atoms with Gasteiger partial charge in [-0.2, -0.15) is 18.4 Å². The summed E-state index contributed by atoms with van der Waals surface area (Å²) in [5, 5.41) is 22.8. The Balaban J connectivity index is 1.39. The third-order valence-electron chi connectivity index (χ3n) is 8.22. The highest BCUT2D eigenvalue weighted by Crippen LogP contribution is 2.33. The Morgan fingerprint density at radius 2 is 1.89 bits per heavy atom. The van der Waals surface area contributed by atoms with E-state index in [0.717, 1.165) is 32.6 Å². The fourth-order valence-electron chi connectivity index (χ4n) is 5.39. The molecule has 2 aliphatic rings. The number of hydrogen-bond acceptors (Lipinski definition) is 11. The zero-order chi connectivity index (χ0) is 33.7. The molecular weight excluding hydrogens is 619 g/mol. The molecule has 2 N–H and O–H groups in total. The summed E-state index contributed by atoms with van der Waals surface area (Å²) in [4.78, 5) is 39.9. The van der Waals surface area contributed by atoms with Crippen LogP contribution in [0, 0.1) is 18.3 Å². The molecule has 1 atom stereocenters. The number of aryl methyl sites for hydroxylation is 1. The number of likely N-dealkylation sites (N-methyl/N-ethyl adjacent to an activating group) is 1. The summed E-state index contributed by atoms with van der Waals surface area (Å²) in [6.45, 7) is 9.58. The first-order valence-corrected chi connectivity index (χ1v) is 15.2. The zero-order valence-corrected chi connectivity index (χ0v) is 26.3. The van der Waals surface area contributed by atoms with Gasteiger partial charge in [-0.1, -0.05) is 5.21 Å². The van der Waals surface area contributed by atoms with Crippen molar-refractivity contribution in [3.05, 3.63) is 52.9 Å². The van der Waals surface area contributed by atoms with Gasteiger partial charge in [0.05, 0.1) is 42.2 Å². The number of piperazine rings is 1. The van der Waals surface area contributed by atoms with Gasteiger partial charge >= 0.3 is 6.18 Å². The first kappa shape index (κ1) is 33.7. The van der Waals surface area contributed by atoms with Crippen LogP contribution in [0.1, 0.15) is 51.4 Å². The molecule has 2 aromatic heterocycles. The van der Waals surface area contributed by atoms with Crippen LogP contribution >= 0.6 is 0 Å². The van der Waals surface area contributed by atoms with Crippen LogP contribution in [0.5, 0.6) is 0 Å². The Bertz CT molecular complexity index is 1650. The monoisotopic (exact) mass is 655 g/mol. The Morgan fingerprint density at radius 1 is 1.13 bits per heavy atom. The lowest BCUT2D eigenvalue weighted by Crippen LogP contribution is -2.50. The number of carbonyl (C=O) groups is 2. The smallest absolute Gasteiger partial charge is 0.379 e. The van der Waals surface area contributed by atoms with Gasteiger partial charge in [0.25, 0.3) is 11.8 Å². The standard InChI is InChI=1S/C30H36F3N11O3/c1-19-17-43(10-9-41(19)3)25-6-5-21(44-18-24(39-40-44)28(45)35-7-4-8-42-11-13-47-14-12-42)15-22(25)38-29(46)26-27(30(31,32)33)36-20(2)23(16-34)37-26/h5-6,15,18-19H,4,7-14,17H2,1-3H3,(H,35,45)(H,38,46)/t19-/m0/s1. The van der Waals surface area contributed by atoms with Gasteiger partial charge in [0.2, 0.25) is 0 Å². The van der Waals surface area contributed by atoms with Crippen molar-refractivity contribution >= 4 is 23.2 Å². The second kappa shape index (κ2) is 14.4. The second-order valence-corrected chi connectivity index (χ2v) is 11.5. The molecule has 0 aliphatic carbocycles. The van der Waals surface area contributed by atoms with E-state index < -0.39 is 29.4 Å². The van der Waals surface area contributed by atoms with E-state index in [1.54, 1.807) is 18.2 Å². The summed E-state index contributed by atoms with van der Waals surface area (Å²) in [6.07, 6.45) is -2.80. The minimum Gasteiger partial charge on any atom is -0.379 e. The lowest BCUT2D eigenvalue weighted by Gasteiger charge is -2.39. The second-order valence-electron chi connectivity index (χ2n) is 11.5. The number of nitriles is 1. The lowest BCUT2D eigenvalue weighted by atomic mass is 10.1. The molecule has 2 amide bonds. The van der Waals surface area contributed by atoms with Gasteiger partial charge in [0.15, 0.2) is 22.8 Å². The molecule has 5 rings (SSSR count). The maximum absolute atomic E-state index is 13.9. The summed E-state index contributed by atoms with van der Waals surface area (Å²) in [6, 6.07) is 6.83. The summed E-state index contributed by atoms with van der Waals surface area (Å²) in [7, 11) is 2.00. The molecule has 47 heavy (non-hydrogen) atoms. The molecule has 0 bridgehead atoms. The molecule has 2 aliphatic heterocycles. The van der Waals surface area contributed by atoms with Crippen LogP contribution in [0.4, 0.5) is 24.5 Å². The molecule has 4 heterocycles. The third-order valence-corrected chi connectivity index (χ3v) is 8.22. The lowest BCUT2D eigenvalue weighted by molar-refractivity contribution is -0.141. The molecule has 0 spiro atoms. The average Bonchev–Trinajstić information content (AvgIpc) is 3.55. The Hall–Kier alpha value is -4.66. The fraction of sp³-hybridized carbons (Fsp3) is 0.500. The predicted octanol–water partition coefficient (Wildman–Crippen LogP) is 2.10. The van der Waals surface area contributed by atoms with Gasteiger partial charge in [-0.15, -0.1) is 5.10 Å². The van der Waals surface area contributed by atoms with Gasteiger partial charge in [-0.3, -0.25) is 14.5 Å². The van der Waals surface area contributed by atoms with Gasteiger partial charge in [0, 0.05) is 45.3 Å². The van der Waals surface area contributed by atoms with Crippen LogP contribution in [0.15, 0.2) is 24.4 Å². The average molecular weight is 656 g/mol. The van der Waals surface area contributed by atoms with E-state index in [1.807, 2.05) is 18.9 Å². The first-order valence-electron chi connectivity index (χ1n) is 15.2. The molecule has 0 unspecified atom stereocenters. The zero-order valence-electron chi connectivity index (χ0n) is 26.3. The summed E-state index contributed by atoms with van der Waals surface area (Å²) >= 11 is 0. The number of hydrogen-bond donors (Lipinski definition) is 2. The number of nitrogens with one attached hydrogen (secondary N) is 2. The van der Waals surface area contributed by atoms with E-state index in [-0.39, 0.29) is 28.8 Å². The minimum absolute atomic E-state index is 0.0766. The Morgan fingerprint density at radius 3 is 2.60 bits per heavy atom. The molecule has 0 radical (unpaired) electrons. The molecular formula is C30H36F3N11O3. The SMILES string of the molecule is Cc1nc(C(F)(F)F)c(C(=O)Nc2cc(-n3cc(C(=O)NCCCN4CCOCC4)nn3)ccc2N2CCN(C)[C@@H](C)C2)nc1C#N. The van der Waals surface area contributed by atoms with E-state index in [2.05, 4.69) is 40.7 Å². The number of alkyl halides is 3. The predicted molar refractivity (Wildman–Crippen MR) is 164 cm³/mol. The molecule has 1 aromatic carbocycles. The molecule has 3 aromatic rings. The van der Waals surface area contributed by atoms with Crippen LogP contribution in [0.3, 0.4) is 0 Å².